The van der Waals surface area contributed by atoms with Crippen molar-refractivity contribution in [2.75, 3.05) is 17.7 Å². The molecule has 0 radical (unpaired) electrons. The first kappa shape index (κ1) is 13.8. The van der Waals surface area contributed by atoms with Gasteiger partial charge in [-0.1, -0.05) is 6.07 Å². The molecule has 1 N–H and O–H groups in total. The van der Waals surface area contributed by atoms with Crippen LogP contribution in [-0.2, 0) is 4.79 Å². The molecule has 1 aromatic rings. The number of hydrogen-bond donors (Lipinski definition) is 1. The van der Waals surface area contributed by atoms with E-state index in [4.69, 9.17) is 0 Å². The van der Waals surface area contributed by atoms with Crippen LogP contribution < -0.4 is 4.90 Å². The number of carboxylic acid groups (broad SMARTS) is 1. The van der Waals surface area contributed by atoms with Crippen LogP contribution in [0.25, 0.3) is 0 Å². The maximum atomic E-state index is 11.2. The molecule has 100 valence electrons. The van der Waals surface area contributed by atoms with Crippen molar-refractivity contribution in [2.45, 2.75) is 24.3 Å². The molecule has 2 atom stereocenters. The van der Waals surface area contributed by atoms with E-state index < -0.39 is 5.97 Å². The lowest BCUT2D eigenvalue weighted by Crippen LogP contribution is -2.33. The molecule has 0 saturated carbocycles. The highest BCUT2D eigenvalue weighted by Crippen LogP contribution is 2.35. The normalized spacial score (nSPS) is 22.3. The third kappa shape index (κ3) is 2.41. The summed E-state index contributed by atoms with van der Waals surface area (Å²) in [5, 5.41) is 18.5. The van der Waals surface area contributed by atoms with E-state index in [2.05, 4.69) is 6.07 Å². The Kier molecular flexibility index (Phi) is 4.01. The molecule has 0 aliphatic carbocycles. The van der Waals surface area contributed by atoms with Crippen molar-refractivity contribution in [3.63, 3.8) is 0 Å². The number of benzene rings is 1. The van der Waals surface area contributed by atoms with Gasteiger partial charge in [0.2, 0.25) is 0 Å². The van der Waals surface area contributed by atoms with Crippen molar-refractivity contribution in [2.24, 2.45) is 5.92 Å². The van der Waals surface area contributed by atoms with Gasteiger partial charge in [0.1, 0.15) is 6.07 Å². The molecule has 2 unspecified atom stereocenters. The molecule has 2 rings (SSSR count). The van der Waals surface area contributed by atoms with Gasteiger partial charge < -0.3 is 10.0 Å². The number of carboxylic acids is 1. The number of rotatable bonds is 3. The molecule has 5 heteroatoms. The predicted molar refractivity (Wildman–Crippen MR) is 75.5 cm³/mol. The molecule has 0 aromatic heterocycles. The van der Waals surface area contributed by atoms with Gasteiger partial charge in [0.15, 0.2) is 0 Å². The molecule has 4 nitrogen and oxygen atoms in total. The molecular weight excluding hydrogens is 260 g/mol. The van der Waals surface area contributed by atoms with Crippen LogP contribution in [0.1, 0.15) is 18.9 Å². The van der Waals surface area contributed by atoms with E-state index in [9.17, 15) is 15.2 Å². The summed E-state index contributed by atoms with van der Waals surface area (Å²) in [6, 6.07) is 7.90. The first-order chi connectivity index (χ1) is 9.10. The third-order valence-corrected chi connectivity index (χ3v) is 4.50. The summed E-state index contributed by atoms with van der Waals surface area (Å²) in [4.78, 5) is 14.1. The highest BCUT2D eigenvalue weighted by atomic mass is 32.2. The summed E-state index contributed by atoms with van der Waals surface area (Å²) in [5.41, 5.74) is 1.50. The molecule has 1 aliphatic heterocycles. The number of aliphatic carboxylic acids is 1. The van der Waals surface area contributed by atoms with Crippen LogP contribution in [-0.4, -0.2) is 29.9 Å². The van der Waals surface area contributed by atoms with Gasteiger partial charge in [-0.05, 0) is 31.7 Å². The second-order valence-electron chi connectivity index (χ2n) is 4.63. The van der Waals surface area contributed by atoms with Gasteiger partial charge in [-0.2, -0.15) is 5.26 Å². The van der Waals surface area contributed by atoms with E-state index in [0.717, 1.165) is 10.6 Å². The maximum absolute atomic E-state index is 11.2. The van der Waals surface area contributed by atoms with Crippen LogP contribution in [0.2, 0.25) is 0 Å². The van der Waals surface area contributed by atoms with E-state index in [1.165, 1.54) is 11.8 Å². The Morgan fingerprint density at radius 2 is 2.32 bits per heavy atom. The zero-order valence-electron chi connectivity index (χ0n) is 11.0. The fourth-order valence-corrected chi connectivity index (χ4v) is 3.22. The molecule has 1 aliphatic rings. The first-order valence-corrected chi connectivity index (χ1v) is 7.39. The average molecular weight is 276 g/mol. The van der Waals surface area contributed by atoms with E-state index >= 15 is 0 Å². The van der Waals surface area contributed by atoms with Gasteiger partial charge >= 0.3 is 5.97 Å². The minimum atomic E-state index is -0.755. The zero-order valence-corrected chi connectivity index (χ0v) is 11.8. The summed E-state index contributed by atoms with van der Waals surface area (Å²) >= 11 is 1.54. The molecular formula is C14H16N2O2S. The lowest BCUT2D eigenvalue weighted by molar-refractivity contribution is -0.141. The second kappa shape index (κ2) is 5.54. The summed E-state index contributed by atoms with van der Waals surface area (Å²) < 4.78 is 0. The Bertz CT molecular complexity index is 539. The van der Waals surface area contributed by atoms with Crippen molar-refractivity contribution < 1.29 is 9.90 Å². The summed E-state index contributed by atoms with van der Waals surface area (Å²) in [5.74, 6) is -1.11. The van der Waals surface area contributed by atoms with Gasteiger partial charge in [-0.3, -0.25) is 4.79 Å². The smallest absolute Gasteiger partial charge is 0.308 e. The Balaban J connectivity index is 2.39. The third-order valence-electron chi connectivity index (χ3n) is 3.72. The highest BCUT2D eigenvalue weighted by Gasteiger charge is 2.36. The zero-order chi connectivity index (χ0) is 14.0. The van der Waals surface area contributed by atoms with Crippen LogP contribution in [0, 0.1) is 17.2 Å². The molecule has 1 saturated heterocycles. The van der Waals surface area contributed by atoms with Gasteiger partial charge in [0, 0.05) is 17.5 Å². The number of anilines is 1. The van der Waals surface area contributed by atoms with Gasteiger partial charge in [0.05, 0.1) is 17.2 Å². The molecule has 0 bridgehead atoms. The standard InChI is InChI=1S/C14H16N2O2S/c1-9-10(14(17)18)6-7-16(9)12-4-3-5-13(19-2)11(12)8-15/h3-5,9-10H,6-7H2,1-2H3,(H,17,18). The molecule has 1 heterocycles. The minimum Gasteiger partial charge on any atom is -0.481 e. The maximum Gasteiger partial charge on any atom is 0.308 e. The minimum absolute atomic E-state index is 0.0818. The largest absolute Gasteiger partial charge is 0.481 e. The van der Waals surface area contributed by atoms with E-state index in [0.29, 0.717) is 18.5 Å². The highest BCUT2D eigenvalue weighted by molar-refractivity contribution is 7.98. The summed E-state index contributed by atoms with van der Waals surface area (Å²) in [7, 11) is 0. The molecule has 1 fully saturated rings. The topological polar surface area (TPSA) is 64.3 Å². The SMILES string of the molecule is CSc1cccc(N2CCC(C(=O)O)C2C)c1C#N. The molecule has 1 aromatic carbocycles. The second-order valence-corrected chi connectivity index (χ2v) is 5.48. The Morgan fingerprint density at radius 1 is 1.58 bits per heavy atom. The van der Waals surface area contributed by atoms with Crippen molar-refractivity contribution in [1.29, 1.82) is 5.26 Å². The summed E-state index contributed by atoms with van der Waals surface area (Å²) in [6.45, 7) is 2.60. The predicted octanol–water partition coefficient (Wildman–Crippen LogP) is 2.58. The molecule has 0 amide bonds. The van der Waals surface area contributed by atoms with Crippen LogP contribution in [0.15, 0.2) is 23.1 Å². The number of carbonyl (C=O) groups is 1. The van der Waals surface area contributed by atoms with Gasteiger partial charge in [-0.25, -0.2) is 0 Å². The van der Waals surface area contributed by atoms with Crippen molar-refractivity contribution >= 4 is 23.4 Å². The number of nitrogens with zero attached hydrogens (tertiary/aromatic N) is 2. The Morgan fingerprint density at radius 3 is 2.84 bits per heavy atom. The lowest BCUT2D eigenvalue weighted by atomic mass is 10.0. The molecule has 0 spiro atoms. The fraction of sp³-hybridized carbons (Fsp3) is 0.429. The van der Waals surface area contributed by atoms with Gasteiger partial charge in [-0.15, -0.1) is 11.8 Å². The Hall–Kier alpha value is -1.67. The van der Waals surface area contributed by atoms with Gasteiger partial charge in [0.25, 0.3) is 0 Å². The van der Waals surface area contributed by atoms with Crippen LogP contribution in [0.5, 0.6) is 0 Å². The summed E-state index contributed by atoms with van der Waals surface area (Å²) in [6.07, 6.45) is 2.57. The van der Waals surface area contributed by atoms with Crippen molar-refractivity contribution in [1.82, 2.24) is 0 Å². The van der Waals surface area contributed by atoms with Crippen molar-refractivity contribution in [3.05, 3.63) is 23.8 Å². The van der Waals surface area contributed by atoms with Crippen LogP contribution in [0.3, 0.4) is 0 Å². The van der Waals surface area contributed by atoms with E-state index in [1.807, 2.05) is 36.3 Å². The molecule has 19 heavy (non-hydrogen) atoms. The quantitative estimate of drug-likeness (QED) is 0.860. The first-order valence-electron chi connectivity index (χ1n) is 6.16. The number of thioether (sulfide) groups is 1. The Labute approximate surface area is 117 Å². The van der Waals surface area contributed by atoms with E-state index in [1.54, 1.807) is 0 Å². The van der Waals surface area contributed by atoms with E-state index in [-0.39, 0.29) is 12.0 Å². The number of nitriles is 1. The van der Waals surface area contributed by atoms with Crippen LogP contribution >= 0.6 is 11.8 Å². The number of hydrogen-bond acceptors (Lipinski definition) is 4. The van der Waals surface area contributed by atoms with Crippen LogP contribution in [0.4, 0.5) is 5.69 Å². The average Bonchev–Trinajstić information content (AvgIpc) is 2.79. The monoisotopic (exact) mass is 276 g/mol. The lowest BCUT2D eigenvalue weighted by Gasteiger charge is -2.27. The van der Waals surface area contributed by atoms with Crippen molar-refractivity contribution in [3.8, 4) is 6.07 Å². The fourth-order valence-electron chi connectivity index (χ4n) is 2.65.